The molecule has 0 aliphatic carbocycles. The van der Waals surface area contributed by atoms with E-state index in [2.05, 4.69) is 5.32 Å². The summed E-state index contributed by atoms with van der Waals surface area (Å²) in [6, 6.07) is 16.3. The van der Waals surface area contributed by atoms with E-state index in [1.165, 1.54) is 0 Å². The summed E-state index contributed by atoms with van der Waals surface area (Å²) in [6.45, 7) is 3.51. The molecule has 0 spiro atoms. The third kappa shape index (κ3) is 4.73. The van der Waals surface area contributed by atoms with Gasteiger partial charge in [-0.2, -0.15) is 4.31 Å². The Hall–Kier alpha value is -2.90. The van der Waals surface area contributed by atoms with Crippen molar-refractivity contribution in [1.29, 1.82) is 0 Å². The molecular formula is C24H27N3O3S. The number of sulfonamides is 1. The number of hydrogen-bond donors (Lipinski definition) is 1. The third-order valence-corrected chi connectivity index (χ3v) is 7.60. The molecular weight excluding hydrogens is 410 g/mol. The van der Waals surface area contributed by atoms with Crippen LogP contribution in [0.4, 0.5) is 0 Å². The van der Waals surface area contributed by atoms with Crippen LogP contribution in [0.1, 0.15) is 40.7 Å². The summed E-state index contributed by atoms with van der Waals surface area (Å²) in [5, 5.41) is 2.92. The van der Waals surface area contributed by atoms with Crippen LogP contribution in [0.25, 0.3) is 5.69 Å². The molecule has 31 heavy (non-hydrogen) atoms. The highest BCUT2D eigenvalue weighted by atomic mass is 32.2. The van der Waals surface area contributed by atoms with E-state index < -0.39 is 10.0 Å². The smallest absolute Gasteiger partial charge is 0.251 e. The molecule has 1 amide bonds. The van der Waals surface area contributed by atoms with Gasteiger partial charge in [0.2, 0.25) is 10.0 Å². The zero-order valence-electron chi connectivity index (χ0n) is 17.6. The average molecular weight is 438 g/mol. The van der Waals surface area contributed by atoms with Crippen molar-refractivity contribution in [2.45, 2.75) is 37.6 Å². The normalized spacial score (nSPS) is 15.0. The molecule has 1 aliphatic heterocycles. The summed E-state index contributed by atoms with van der Waals surface area (Å²) in [7, 11) is -3.44. The van der Waals surface area contributed by atoms with Crippen molar-refractivity contribution in [1.82, 2.24) is 14.2 Å². The lowest BCUT2D eigenvalue weighted by Gasteiger charge is -2.25. The highest BCUT2D eigenvalue weighted by Gasteiger charge is 2.25. The van der Waals surface area contributed by atoms with E-state index in [9.17, 15) is 13.2 Å². The maximum absolute atomic E-state index is 12.8. The Bertz CT molecular complexity index is 1150. The lowest BCUT2D eigenvalue weighted by atomic mass is 10.1. The van der Waals surface area contributed by atoms with Gasteiger partial charge in [0.15, 0.2) is 0 Å². The second-order valence-corrected chi connectivity index (χ2v) is 9.82. The summed E-state index contributed by atoms with van der Waals surface area (Å²) < 4.78 is 29.1. The molecule has 162 valence electrons. The summed E-state index contributed by atoms with van der Waals surface area (Å²) in [5.74, 6) is -0.168. The van der Waals surface area contributed by atoms with E-state index in [-0.39, 0.29) is 5.91 Å². The summed E-state index contributed by atoms with van der Waals surface area (Å²) in [6.07, 6.45) is 6.80. The average Bonchev–Trinajstić information content (AvgIpc) is 3.33. The van der Waals surface area contributed by atoms with Crippen LogP contribution in [-0.4, -0.2) is 36.3 Å². The molecule has 4 rings (SSSR count). The van der Waals surface area contributed by atoms with Crippen molar-refractivity contribution in [3.8, 4) is 5.69 Å². The second-order valence-electron chi connectivity index (χ2n) is 7.88. The highest BCUT2D eigenvalue weighted by molar-refractivity contribution is 7.89. The van der Waals surface area contributed by atoms with Crippen molar-refractivity contribution in [3.05, 3.63) is 83.7 Å². The molecule has 1 N–H and O–H groups in total. The third-order valence-electron chi connectivity index (χ3n) is 5.68. The largest absolute Gasteiger partial charge is 0.348 e. The van der Waals surface area contributed by atoms with Gasteiger partial charge in [-0.05, 0) is 67.3 Å². The number of nitrogens with zero attached hydrogens (tertiary/aromatic N) is 2. The zero-order chi connectivity index (χ0) is 21.8. The van der Waals surface area contributed by atoms with Crippen LogP contribution >= 0.6 is 0 Å². The minimum atomic E-state index is -3.44. The number of amides is 1. The molecule has 0 atom stereocenters. The van der Waals surface area contributed by atoms with Gasteiger partial charge >= 0.3 is 0 Å². The van der Waals surface area contributed by atoms with Crippen LogP contribution < -0.4 is 5.32 Å². The Kier molecular flexibility index (Phi) is 6.25. The first-order chi connectivity index (χ1) is 14.9. The number of hydrogen-bond acceptors (Lipinski definition) is 3. The fraction of sp³-hybridized carbons (Fsp3) is 0.292. The number of carbonyl (C=O) groups excluding carboxylic acids is 1. The van der Waals surface area contributed by atoms with E-state index in [1.54, 1.807) is 28.6 Å². The number of benzene rings is 2. The number of nitrogens with one attached hydrogen (secondary N) is 1. The minimum absolute atomic E-state index is 0.168. The molecule has 1 aromatic heterocycles. The molecule has 0 radical (unpaired) electrons. The second kappa shape index (κ2) is 9.08. The van der Waals surface area contributed by atoms with Crippen molar-refractivity contribution in [3.63, 3.8) is 0 Å². The number of carbonyl (C=O) groups is 1. The van der Waals surface area contributed by atoms with Crippen LogP contribution in [0.3, 0.4) is 0 Å². The fourth-order valence-electron chi connectivity index (χ4n) is 3.84. The number of piperidine rings is 1. The predicted octanol–water partition coefficient (Wildman–Crippen LogP) is 3.89. The molecule has 2 heterocycles. The minimum Gasteiger partial charge on any atom is -0.348 e. The van der Waals surface area contributed by atoms with Gasteiger partial charge in [0.25, 0.3) is 5.91 Å². The van der Waals surface area contributed by atoms with E-state index in [0.29, 0.717) is 30.1 Å². The van der Waals surface area contributed by atoms with Crippen molar-refractivity contribution in [2.75, 3.05) is 13.1 Å². The highest BCUT2D eigenvalue weighted by Crippen LogP contribution is 2.21. The lowest BCUT2D eigenvalue weighted by Crippen LogP contribution is -2.35. The zero-order valence-corrected chi connectivity index (χ0v) is 18.4. The molecule has 6 nitrogen and oxygen atoms in total. The van der Waals surface area contributed by atoms with E-state index in [1.807, 2.05) is 54.2 Å². The molecule has 1 fully saturated rings. The van der Waals surface area contributed by atoms with E-state index in [4.69, 9.17) is 0 Å². The number of aromatic nitrogens is 1. The fourth-order valence-corrected chi connectivity index (χ4v) is 5.36. The van der Waals surface area contributed by atoms with Gasteiger partial charge in [-0.3, -0.25) is 4.79 Å². The van der Waals surface area contributed by atoms with Crippen LogP contribution in [0.5, 0.6) is 0 Å². The first kappa shape index (κ1) is 21.3. The van der Waals surface area contributed by atoms with Crippen molar-refractivity contribution >= 4 is 15.9 Å². The molecule has 3 aromatic rings. The van der Waals surface area contributed by atoms with Gasteiger partial charge in [0.05, 0.1) is 4.90 Å². The van der Waals surface area contributed by atoms with Crippen molar-refractivity contribution in [2.24, 2.45) is 0 Å². The Balaban J connectivity index is 1.42. The Labute approximate surface area is 183 Å². The van der Waals surface area contributed by atoms with Crippen LogP contribution in [-0.2, 0) is 16.6 Å². The summed E-state index contributed by atoms with van der Waals surface area (Å²) in [4.78, 5) is 13.0. The standard InChI is InChI=1S/C24H27N3O3S/c1-19-7-10-21(17-23(19)26-13-5-6-14-26)24(28)25-18-20-8-11-22(12-9-20)31(29,30)27-15-3-2-4-16-27/h5-14,17H,2-4,15-16,18H2,1H3,(H,25,28). The van der Waals surface area contributed by atoms with Crippen LogP contribution in [0.15, 0.2) is 71.9 Å². The SMILES string of the molecule is Cc1ccc(C(=O)NCc2ccc(S(=O)(=O)N3CCCCC3)cc2)cc1-n1cccc1. The first-order valence-corrected chi connectivity index (χ1v) is 12.0. The topological polar surface area (TPSA) is 71.4 Å². The Morgan fingerprint density at radius 1 is 0.968 bits per heavy atom. The van der Waals surface area contributed by atoms with Gasteiger partial charge in [-0.15, -0.1) is 0 Å². The quantitative estimate of drug-likeness (QED) is 0.636. The molecule has 7 heteroatoms. The van der Waals surface area contributed by atoms with Gasteiger partial charge in [-0.1, -0.05) is 24.6 Å². The van der Waals surface area contributed by atoms with Crippen LogP contribution in [0, 0.1) is 6.92 Å². The Morgan fingerprint density at radius 3 is 2.32 bits per heavy atom. The van der Waals surface area contributed by atoms with Crippen LogP contribution in [0.2, 0.25) is 0 Å². The number of aryl methyl sites for hydroxylation is 1. The van der Waals surface area contributed by atoms with E-state index in [0.717, 1.165) is 36.1 Å². The Morgan fingerprint density at radius 2 is 1.65 bits per heavy atom. The molecule has 0 saturated carbocycles. The van der Waals surface area contributed by atoms with Gasteiger partial charge in [0.1, 0.15) is 0 Å². The molecule has 1 aliphatic rings. The number of rotatable bonds is 6. The van der Waals surface area contributed by atoms with Gasteiger partial charge < -0.3 is 9.88 Å². The maximum Gasteiger partial charge on any atom is 0.251 e. The predicted molar refractivity (Wildman–Crippen MR) is 121 cm³/mol. The van der Waals surface area contributed by atoms with Gasteiger partial charge in [-0.25, -0.2) is 8.42 Å². The molecule has 0 bridgehead atoms. The monoisotopic (exact) mass is 437 g/mol. The van der Waals surface area contributed by atoms with Crippen molar-refractivity contribution < 1.29 is 13.2 Å². The lowest BCUT2D eigenvalue weighted by molar-refractivity contribution is 0.0951. The summed E-state index contributed by atoms with van der Waals surface area (Å²) >= 11 is 0. The molecule has 2 aromatic carbocycles. The molecule has 0 unspecified atom stereocenters. The van der Waals surface area contributed by atoms with E-state index >= 15 is 0 Å². The summed E-state index contributed by atoms with van der Waals surface area (Å²) in [5.41, 5.74) is 3.48. The molecule has 1 saturated heterocycles. The maximum atomic E-state index is 12.8. The van der Waals surface area contributed by atoms with Gasteiger partial charge in [0, 0.05) is 43.3 Å². The first-order valence-electron chi connectivity index (χ1n) is 10.6.